The Morgan fingerprint density at radius 2 is 2.12 bits per heavy atom. The molecule has 0 aliphatic carbocycles. The van der Waals surface area contributed by atoms with E-state index in [-0.39, 0.29) is 6.04 Å². The number of halogens is 1. The molecule has 0 unspecified atom stereocenters. The van der Waals surface area contributed by atoms with Gasteiger partial charge in [0.2, 0.25) is 0 Å². The van der Waals surface area contributed by atoms with Gasteiger partial charge in [-0.25, -0.2) is 0 Å². The zero-order valence-corrected chi connectivity index (χ0v) is 11.3. The van der Waals surface area contributed by atoms with E-state index in [1.165, 1.54) is 0 Å². The van der Waals surface area contributed by atoms with Gasteiger partial charge < -0.3 is 15.6 Å². The third kappa shape index (κ3) is 4.94. The quantitative estimate of drug-likeness (QED) is 0.853. The lowest BCUT2D eigenvalue weighted by Gasteiger charge is -2.17. The molecule has 1 rings (SSSR count). The highest BCUT2D eigenvalue weighted by Crippen LogP contribution is 2.27. The minimum Gasteiger partial charge on any atom is -0.492 e. The number of aliphatic hydroxyl groups is 1. The Hall–Kier alpha value is -0.770. The van der Waals surface area contributed by atoms with Crippen molar-refractivity contribution in [3.8, 4) is 5.75 Å². The minimum atomic E-state index is -0.724. The first-order valence-electron chi connectivity index (χ1n) is 5.70. The maximum atomic E-state index is 9.55. The molecule has 0 saturated heterocycles. The number of nitrogens with two attached hydrogens (primary N) is 1. The molecular weight excluding hydrogens is 238 g/mol. The van der Waals surface area contributed by atoms with Gasteiger partial charge in [0, 0.05) is 12.5 Å². The van der Waals surface area contributed by atoms with Crippen LogP contribution in [0.1, 0.15) is 38.8 Å². The average molecular weight is 258 g/mol. The van der Waals surface area contributed by atoms with Gasteiger partial charge in [0.1, 0.15) is 5.75 Å². The van der Waals surface area contributed by atoms with Crippen molar-refractivity contribution < 1.29 is 9.84 Å². The van der Waals surface area contributed by atoms with Crippen LogP contribution in [0.25, 0.3) is 0 Å². The molecule has 0 bridgehead atoms. The summed E-state index contributed by atoms with van der Waals surface area (Å²) in [6.45, 7) is 5.83. The highest BCUT2D eigenvalue weighted by atomic mass is 35.5. The topological polar surface area (TPSA) is 55.5 Å². The molecule has 0 aromatic heterocycles. The fourth-order valence-electron chi connectivity index (χ4n) is 1.33. The maximum absolute atomic E-state index is 9.55. The molecule has 1 aromatic carbocycles. The van der Waals surface area contributed by atoms with E-state index < -0.39 is 5.60 Å². The molecule has 0 spiro atoms. The Kier molecular flexibility index (Phi) is 4.80. The van der Waals surface area contributed by atoms with Crippen LogP contribution in [0.5, 0.6) is 5.75 Å². The summed E-state index contributed by atoms with van der Waals surface area (Å²) in [4.78, 5) is 0. The largest absolute Gasteiger partial charge is 0.492 e. The number of benzene rings is 1. The van der Waals surface area contributed by atoms with Crippen molar-refractivity contribution in [3.63, 3.8) is 0 Å². The third-order valence-corrected chi connectivity index (χ3v) is 2.75. The lowest BCUT2D eigenvalue weighted by molar-refractivity contribution is 0.0553. The van der Waals surface area contributed by atoms with Crippen LogP contribution in [0.4, 0.5) is 0 Å². The summed E-state index contributed by atoms with van der Waals surface area (Å²) in [6.07, 6.45) is 0.554. The highest BCUT2D eigenvalue weighted by Gasteiger charge is 2.13. The number of hydrogen-bond donors (Lipinski definition) is 2. The van der Waals surface area contributed by atoms with Gasteiger partial charge in [0.05, 0.1) is 17.2 Å². The van der Waals surface area contributed by atoms with E-state index in [2.05, 4.69) is 0 Å². The van der Waals surface area contributed by atoms with Crippen molar-refractivity contribution in [2.45, 2.75) is 38.8 Å². The van der Waals surface area contributed by atoms with E-state index >= 15 is 0 Å². The van der Waals surface area contributed by atoms with E-state index in [9.17, 15) is 5.11 Å². The van der Waals surface area contributed by atoms with Crippen LogP contribution in [0.15, 0.2) is 18.2 Å². The van der Waals surface area contributed by atoms with Gasteiger partial charge >= 0.3 is 0 Å². The molecule has 96 valence electrons. The van der Waals surface area contributed by atoms with Crippen LogP contribution in [0.3, 0.4) is 0 Å². The fourth-order valence-corrected chi connectivity index (χ4v) is 1.57. The molecule has 0 saturated carbocycles. The fraction of sp³-hybridized carbons (Fsp3) is 0.538. The van der Waals surface area contributed by atoms with Crippen LogP contribution < -0.4 is 10.5 Å². The molecule has 0 aliphatic rings. The van der Waals surface area contributed by atoms with Crippen molar-refractivity contribution in [1.29, 1.82) is 0 Å². The second-order valence-corrected chi connectivity index (χ2v) is 5.30. The van der Waals surface area contributed by atoms with Gasteiger partial charge in [0.25, 0.3) is 0 Å². The average Bonchev–Trinajstić information content (AvgIpc) is 2.18. The van der Waals surface area contributed by atoms with Gasteiger partial charge in [-0.1, -0.05) is 17.7 Å². The summed E-state index contributed by atoms with van der Waals surface area (Å²) in [5.41, 5.74) is 6.01. The van der Waals surface area contributed by atoms with Crippen LogP contribution in [0, 0.1) is 0 Å². The monoisotopic (exact) mass is 257 g/mol. The first-order valence-corrected chi connectivity index (χ1v) is 6.07. The summed E-state index contributed by atoms with van der Waals surface area (Å²) in [5.74, 6) is 0.625. The van der Waals surface area contributed by atoms with Gasteiger partial charge in [-0.05, 0) is 38.5 Å². The Morgan fingerprint density at radius 3 is 2.59 bits per heavy atom. The first kappa shape index (κ1) is 14.3. The predicted octanol–water partition coefficient (Wildman–Crippen LogP) is 2.90. The summed E-state index contributed by atoms with van der Waals surface area (Å²) in [7, 11) is 0. The predicted molar refractivity (Wildman–Crippen MR) is 70.5 cm³/mol. The normalized spacial score (nSPS) is 13.5. The number of ether oxygens (including phenoxy) is 1. The molecule has 0 fully saturated rings. The summed E-state index contributed by atoms with van der Waals surface area (Å²) in [5, 5.41) is 10.1. The van der Waals surface area contributed by atoms with Gasteiger partial charge in [0.15, 0.2) is 0 Å². The van der Waals surface area contributed by atoms with Crippen molar-refractivity contribution in [1.82, 2.24) is 0 Å². The Labute approximate surface area is 108 Å². The van der Waals surface area contributed by atoms with Crippen LogP contribution in [-0.4, -0.2) is 17.3 Å². The molecule has 1 aromatic rings. The van der Waals surface area contributed by atoms with E-state index in [1.54, 1.807) is 13.8 Å². The van der Waals surface area contributed by atoms with E-state index in [1.807, 2.05) is 25.1 Å². The van der Waals surface area contributed by atoms with E-state index in [0.29, 0.717) is 23.8 Å². The summed E-state index contributed by atoms with van der Waals surface area (Å²) < 4.78 is 5.51. The minimum absolute atomic E-state index is 0.0436. The van der Waals surface area contributed by atoms with E-state index in [4.69, 9.17) is 22.1 Å². The molecule has 0 heterocycles. The summed E-state index contributed by atoms with van der Waals surface area (Å²) >= 11 is 6.08. The standard InChI is InChI=1S/C13H20ClNO2/c1-9(15)10-4-5-12(11(14)8-10)17-7-6-13(2,3)16/h4-5,8-9,16H,6-7,15H2,1-3H3/t9-/m1/s1. The maximum Gasteiger partial charge on any atom is 0.137 e. The molecule has 0 aliphatic heterocycles. The molecule has 17 heavy (non-hydrogen) atoms. The molecular formula is C13H20ClNO2. The van der Waals surface area contributed by atoms with Crippen LogP contribution in [0.2, 0.25) is 5.02 Å². The third-order valence-electron chi connectivity index (χ3n) is 2.45. The van der Waals surface area contributed by atoms with Crippen molar-refractivity contribution >= 4 is 11.6 Å². The highest BCUT2D eigenvalue weighted by molar-refractivity contribution is 6.32. The lowest BCUT2D eigenvalue weighted by atomic mass is 10.1. The van der Waals surface area contributed by atoms with Crippen molar-refractivity contribution in [3.05, 3.63) is 28.8 Å². The van der Waals surface area contributed by atoms with Gasteiger partial charge in [-0.15, -0.1) is 0 Å². The first-order chi connectivity index (χ1) is 7.79. The molecule has 3 N–H and O–H groups in total. The number of hydrogen-bond acceptors (Lipinski definition) is 3. The Balaban J connectivity index is 2.61. The lowest BCUT2D eigenvalue weighted by Crippen LogP contribution is -2.21. The second kappa shape index (κ2) is 5.71. The zero-order valence-electron chi connectivity index (χ0n) is 10.5. The van der Waals surface area contributed by atoms with Crippen molar-refractivity contribution in [2.24, 2.45) is 5.73 Å². The van der Waals surface area contributed by atoms with Crippen LogP contribution in [-0.2, 0) is 0 Å². The molecule has 4 heteroatoms. The van der Waals surface area contributed by atoms with Crippen molar-refractivity contribution in [2.75, 3.05) is 6.61 Å². The second-order valence-electron chi connectivity index (χ2n) is 4.89. The van der Waals surface area contributed by atoms with Gasteiger partial charge in [-0.3, -0.25) is 0 Å². The number of rotatable bonds is 5. The molecule has 3 nitrogen and oxygen atoms in total. The van der Waals surface area contributed by atoms with Crippen LogP contribution >= 0.6 is 11.6 Å². The molecule has 1 atom stereocenters. The Morgan fingerprint density at radius 1 is 1.47 bits per heavy atom. The van der Waals surface area contributed by atoms with Gasteiger partial charge in [-0.2, -0.15) is 0 Å². The molecule has 0 radical (unpaired) electrons. The SMILES string of the molecule is C[C@@H](N)c1ccc(OCCC(C)(C)O)c(Cl)c1. The summed E-state index contributed by atoms with van der Waals surface area (Å²) in [6, 6.07) is 5.48. The smallest absolute Gasteiger partial charge is 0.137 e. The van der Waals surface area contributed by atoms with E-state index in [0.717, 1.165) is 5.56 Å². The molecule has 0 amide bonds. The Bertz CT molecular complexity index is 372. The zero-order chi connectivity index (χ0) is 13.1.